The van der Waals surface area contributed by atoms with E-state index in [-0.39, 0.29) is 6.10 Å². The zero-order valence-electron chi connectivity index (χ0n) is 10.4. The normalized spacial score (nSPS) is 16.9. The molecule has 4 nitrogen and oxygen atoms in total. The average Bonchev–Trinajstić information content (AvgIpc) is 3.16. The predicted octanol–water partition coefficient (Wildman–Crippen LogP) is 3.53. The van der Waals surface area contributed by atoms with Gasteiger partial charge >= 0.3 is 0 Å². The van der Waals surface area contributed by atoms with E-state index < -0.39 is 0 Å². The highest BCUT2D eigenvalue weighted by molar-refractivity contribution is 9.10. The number of hydrogen-bond donors (Lipinski definition) is 0. The number of rotatable bonds is 6. The summed E-state index contributed by atoms with van der Waals surface area (Å²) in [6.07, 6.45) is 2.29. The molecule has 0 radical (unpaired) electrons. The van der Waals surface area contributed by atoms with Crippen molar-refractivity contribution in [3.05, 3.63) is 21.1 Å². The maximum absolute atomic E-state index is 6.11. The first-order valence-electron chi connectivity index (χ1n) is 5.99. The molecule has 1 saturated carbocycles. The molecule has 0 aromatic carbocycles. The Morgan fingerprint density at radius 3 is 2.72 bits per heavy atom. The van der Waals surface area contributed by atoms with Gasteiger partial charge in [-0.15, -0.1) is 0 Å². The van der Waals surface area contributed by atoms with E-state index in [1.54, 1.807) is 7.11 Å². The quantitative estimate of drug-likeness (QED) is 0.746. The van der Waals surface area contributed by atoms with Gasteiger partial charge in [-0.3, -0.25) is 0 Å². The summed E-state index contributed by atoms with van der Waals surface area (Å²) in [5, 5.41) is 0.414. The summed E-state index contributed by atoms with van der Waals surface area (Å²) in [6.45, 7) is 3.03. The Morgan fingerprint density at radius 2 is 2.17 bits per heavy atom. The molecule has 0 spiro atoms. The molecule has 1 heterocycles. The second-order valence-corrected chi connectivity index (χ2v) is 5.43. The summed E-state index contributed by atoms with van der Waals surface area (Å²) in [5.41, 5.74) is 0.762. The SMILES string of the molecule is CCOC(c1nc(Cl)c(Br)c(COC)n1)C1CC1. The fourth-order valence-electron chi connectivity index (χ4n) is 1.84. The van der Waals surface area contributed by atoms with Crippen molar-refractivity contribution in [2.75, 3.05) is 13.7 Å². The Labute approximate surface area is 120 Å². The van der Waals surface area contributed by atoms with Crippen molar-refractivity contribution in [1.29, 1.82) is 0 Å². The maximum Gasteiger partial charge on any atom is 0.159 e. The van der Waals surface area contributed by atoms with Crippen molar-refractivity contribution in [3.63, 3.8) is 0 Å². The molecule has 0 saturated heterocycles. The highest BCUT2D eigenvalue weighted by atomic mass is 79.9. The van der Waals surface area contributed by atoms with Crippen molar-refractivity contribution in [2.45, 2.75) is 32.5 Å². The van der Waals surface area contributed by atoms with Crippen molar-refractivity contribution in [3.8, 4) is 0 Å². The Morgan fingerprint density at radius 1 is 1.44 bits per heavy atom. The fourth-order valence-corrected chi connectivity index (χ4v) is 2.33. The molecule has 0 aliphatic heterocycles. The van der Waals surface area contributed by atoms with Gasteiger partial charge in [-0.1, -0.05) is 11.6 Å². The van der Waals surface area contributed by atoms with Gasteiger partial charge in [0, 0.05) is 13.7 Å². The van der Waals surface area contributed by atoms with Crippen LogP contribution >= 0.6 is 27.5 Å². The molecule has 1 aromatic heterocycles. The van der Waals surface area contributed by atoms with Crippen LogP contribution in [0.2, 0.25) is 5.15 Å². The predicted molar refractivity (Wildman–Crippen MR) is 72.5 cm³/mol. The summed E-state index contributed by atoms with van der Waals surface area (Å²) < 4.78 is 11.6. The van der Waals surface area contributed by atoms with Crippen LogP contribution in [0.4, 0.5) is 0 Å². The first kappa shape index (κ1) is 14.2. The standard InChI is InChI=1S/C12H16BrClN2O2/c1-3-18-10(7-4-5-7)12-15-8(6-17-2)9(13)11(14)16-12/h7,10H,3-6H2,1-2H3. The van der Waals surface area contributed by atoms with E-state index in [9.17, 15) is 0 Å². The lowest BCUT2D eigenvalue weighted by atomic mass is 10.2. The van der Waals surface area contributed by atoms with Crippen molar-refractivity contribution >= 4 is 27.5 Å². The molecule has 0 N–H and O–H groups in total. The van der Waals surface area contributed by atoms with Crippen LogP contribution in [0.1, 0.15) is 37.4 Å². The number of methoxy groups -OCH3 is 1. The molecule has 6 heteroatoms. The van der Waals surface area contributed by atoms with Crippen LogP contribution in [0.25, 0.3) is 0 Å². The first-order valence-corrected chi connectivity index (χ1v) is 7.16. The third kappa shape index (κ3) is 3.20. The van der Waals surface area contributed by atoms with Gasteiger partial charge in [0.15, 0.2) is 5.82 Å². The van der Waals surface area contributed by atoms with Crippen molar-refractivity contribution < 1.29 is 9.47 Å². The fraction of sp³-hybridized carbons (Fsp3) is 0.667. The lowest BCUT2D eigenvalue weighted by molar-refractivity contribution is 0.0395. The maximum atomic E-state index is 6.11. The van der Waals surface area contributed by atoms with Gasteiger partial charge in [-0.05, 0) is 41.6 Å². The molecule has 1 unspecified atom stereocenters. The zero-order chi connectivity index (χ0) is 13.1. The van der Waals surface area contributed by atoms with Crippen molar-refractivity contribution in [1.82, 2.24) is 9.97 Å². The Bertz CT molecular complexity index is 427. The molecule has 100 valence electrons. The van der Waals surface area contributed by atoms with Gasteiger partial charge in [0.05, 0.1) is 16.8 Å². The van der Waals surface area contributed by atoms with Crippen LogP contribution in [-0.2, 0) is 16.1 Å². The molecule has 0 bridgehead atoms. The van der Waals surface area contributed by atoms with Crippen molar-refractivity contribution in [2.24, 2.45) is 5.92 Å². The molecular formula is C12H16BrClN2O2. The molecule has 0 amide bonds. The molecule has 2 rings (SSSR count). The van der Waals surface area contributed by atoms with E-state index in [4.69, 9.17) is 21.1 Å². The highest BCUT2D eigenvalue weighted by Gasteiger charge is 2.35. The minimum Gasteiger partial charge on any atom is -0.378 e. The van der Waals surface area contributed by atoms with Crippen LogP contribution in [0.15, 0.2) is 4.47 Å². The topological polar surface area (TPSA) is 44.2 Å². The summed E-state index contributed by atoms with van der Waals surface area (Å²) in [4.78, 5) is 8.83. The Kier molecular flexibility index (Phi) is 4.95. The van der Waals surface area contributed by atoms with Crippen LogP contribution in [0.3, 0.4) is 0 Å². The van der Waals surface area contributed by atoms with E-state index >= 15 is 0 Å². The number of hydrogen-bond acceptors (Lipinski definition) is 4. The Hall–Kier alpha value is -0.230. The third-order valence-electron chi connectivity index (χ3n) is 2.83. The van der Waals surface area contributed by atoms with Crippen LogP contribution in [-0.4, -0.2) is 23.7 Å². The van der Waals surface area contributed by atoms with E-state index in [2.05, 4.69) is 25.9 Å². The van der Waals surface area contributed by atoms with Crippen LogP contribution in [0.5, 0.6) is 0 Å². The zero-order valence-corrected chi connectivity index (χ0v) is 12.8. The van der Waals surface area contributed by atoms with Gasteiger partial charge in [0.25, 0.3) is 0 Å². The lowest BCUT2D eigenvalue weighted by Gasteiger charge is -2.16. The minimum absolute atomic E-state index is 0.0452. The van der Waals surface area contributed by atoms with Crippen LogP contribution in [0, 0.1) is 5.92 Å². The number of aromatic nitrogens is 2. The van der Waals surface area contributed by atoms with E-state index in [1.165, 1.54) is 12.8 Å². The van der Waals surface area contributed by atoms with Gasteiger partial charge in [0.1, 0.15) is 11.3 Å². The largest absolute Gasteiger partial charge is 0.378 e. The molecular weight excluding hydrogens is 320 g/mol. The molecule has 1 aliphatic rings. The van der Waals surface area contributed by atoms with E-state index in [0.717, 1.165) is 5.69 Å². The third-order valence-corrected chi connectivity index (χ3v) is 4.16. The van der Waals surface area contributed by atoms with E-state index in [1.807, 2.05) is 6.92 Å². The second kappa shape index (κ2) is 6.28. The van der Waals surface area contributed by atoms with Gasteiger partial charge in [0.2, 0.25) is 0 Å². The van der Waals surface area contributed by atoms with Gasteiger partial charge < -0.3 is 9.47 Å². The summed E-state index contributed by atoms with van der Waals surface area (Å²) in [6, 6.07) is 0. The lowest BCUT2D eigenvalue weighted by Crippen LogP contribution is -2.13. The van der Waals surface area contributed by atoms with Crippen LogP contribution < -0.4 is 0 Å². The number of nitrogens with zero attached hydrogens (tertiary/aromatic N) is 2. The highest BCUT2D eigenvalue weighted by Crippen LogP contribution is 2.42. The van der Waals surface area contributed by atoms with Gasteiger partial charge in [-0.2, -0.15) is 0 Å². The molecule has 1 atom stereocenters. The van der Waals surface area contributed by atoms with Gasteiger partial charge in [-0.25, -0.2) is 9.97 Å². The summed E-state index contributed by atoms with van der Waals surface area (Å²) in [7, 11) is 1.63. The molecule has 1 aliphatic carbocycles. The summed E-state index contributed by atoms with van der Waals surface area (Å²) >= 11 is 9.49. The first-order chi connectivity index (χ1) is 8.67. The number of ether oxygens (including phenoxy) is 2. The molecule has 1 aromatic rings. The minimum atomic E-state index is -0.0452. The monoisotopic (exact) mass is 334 g/mol. The average molecular weight is 336 g/mol. The molecule has 18 heavy (non-hydrogen) atoms. The van der Waals surface area contributed by atoms with E-state index in [0.29, 0.717) is 34.6 Å². The smallest absolute Gasteiger partial charge is 0.159 e. The summed E-state index contributed by atoms with van der Waals surface area (Å²) in [5.74, 6) is 1.19. The second-order valence-electron chi connectivity index (χ2n) is 4.28. The Balaban J connectivity index is 2.30. The number of halogens is 2. The molecule has 1 fully saturated rings.